The van der Waals surface area contributed by atoms with Crippen molar-refractivity contribution in [2.45, 2.75) is 19.6 Å². The number of anilines is 1. The first kappa shape index (κ1) is 22.5. The van der Waals surface area contributed by atoms with Gasteiger partial charge in [-0.2, -0.15) is 0 Å². The third-order valence-corrected chi connectivity index (χ3v) is 5.30. The lowest BCUT2D eigenvalue weighted by Gasteiger charge is -2.14. The molecule has 0 saturated heterocycles. The van der Waals surface area contributed by atoms with Gasteiger partial charge >= 0.3 is 5.97 Å². The number of nitrogens with one attached hydrogen (secondary N) is 1. The number of fused-ring (bicyclic) bond motifs is 1. The summed E-state index contributed by atoms with van der Waals surface area (Å²) in [6, 6.07) is 8.69. The molecule has 2 aromatic heterocycles. The first-order valence-electron chi connectivity index (χ1n) is 9.60. The van der Waals surface area contributed by atoms with Crippen LogP contribution in [0.1, 0.15) is 43.8 Å². The number of benzene rings is 1. The normalized spacial score (nSPS) is 13.6. The van der Waals surface area contributed by atoms with Crippen molar-refractivity contribution in [3.8, 4) is 0 Å². The summed E-state index contributed by atoms with van der Waals surface area (Å²) in [7, 11) is 0. The molecule has 3 aromatic rings. The topological polar surface area (TPSA) is 119 Å². The quantitative estimate of drug-likeness (QED) is 0.412. The molecule has 1 aliphatic rings. The van der Waals surface area contributed by atoms with Gasteiger partial charge in [0.1, 0.15) is 5.76 Å². The first-order valence-corrected chi connectivity index (χ1v) is 10.4. The number of nitrogens with zero attached hydrogens (tertiary/aromatic N) is 2. The Balaban J connectivity index is 1.44. The molecule has 168 valence electrons. The van der Waals surface area contributed by atoms with Crippen molar-refractivity contribution in [1.82, 2.24) is 9.88 Å². The molecule has 0 bridgehead atoms. The summed E-state index contributed by atoms with van der Waals surface area (Å²) < 4.78 is 10.4. The van der Waals surface area contributed by atoms with E-state index in [1.807, 2.05) is 0 Å². The largest absolute Gasteiger partial charge is 0.467 e. The minimum atomic E-state index is -1.20. The number of imide groups is 1. The number of rotatable bonds is 6. The van der Waals surface area contributed by atoms with Crippen molar-refractivity contribution in [3.05, 3.63) is 81.4 Å². The van der Waals surface area contributed by atoms with Crippen LogP contribution in [0.2, 0.25) is 10.0 Å². The van der Waals surface area contributed by atoms with E-state index in [1.165, 1.54) is 43.6 Å². The Morgan fingerprint density at radius 1 is 1.15 bits per heavy atom. The van der Waals surface area contributed by atoms with Gasteiger partial charge in [0.05, 0.1) is 39.5 Å². The number of carbonyl (C=O) groups excluding carboxylic acids is 4. The maximum atomic E-state index is 12.7. The van der Waals surface area contributed by atoms with Gasteiger partial charge in [0.15, 0.2) is 11.9 Å². The van der Waals surface area contributed by atoms with Crippen LogP contribution in [-0.4, -0.2) is 39.7 Å². The van der Waals surface area contributed by atoms with Crippen molar-refractivity contribution in [2.24, 2.45) is 0 Å². The molecule has 9 nitrogen and oxygen atoms in total. The molecule has 4 rings (SSSR count). The highest BCUT2D eigenvalue weighted by molar-refractivity contribution is 6.36. The van der Waals surface area contributed by atoms with Gasteiger partial charge in [0, 0.05) is 6.20 Å². The molecular weight excluding hydrogens is 473 g/mol. The first-order chi connectivity index (χ1) is 15.7. The van der Waals surface area contributed by atoms with E-state index in [4.69, 9.17) is 32.4 Å². The fraction of sp³-hybridized carbons (Fsp3) is 0.136. The van der Waals surface area contributed by atoms with Crippen LogP contribution in [0.3, 0.4) is 0 Å². The minimum Gasteiger partial charge on any atom is -0.467 e. The van der Waals surface area contributed by atoms with Crippen LogP contribution in [0.5, 0.6) is 0 Å². The van der Waals surface area contributed by atoms with Gasteiger partial charge in [-0.3, -0.25) is 19.3 Å². The number of hydrogen-bond acceptors (Lipinski definition) is 7. The second kappa shape index (κ2) is 9.05. The molecule has 3 amide bonds. The Kier molecular flexibility index (Phi) is 6.17. The number of pyridine rings is 1. The number of hydrogen-bond donors (Lipinski definition) is 1. The average Bonchev–Trinajstić information content (AvgIpc) is 3.38. The van der Waals surface area contributed by atoms with Crippen molar-refractivity contribution < 1.29 is 28.3 Å². The van der Waals surface area contributed by atoms with Crippen LogP contribution in [0.15, 0.2) is 53.3 Å². The van der Waals surface area contributed by atoms with Gasteiger partial charge in [-0.15, -0.1) is 0 Å². The van der Waals surface area contributed by atoms with Gasteiger partial charge in [0.25, 0.3) is 17.7 Å². The van der Waals surface area contributed by atoms with E-state index in [0.717, 1.165) is 4.90 Å². The summed E-state index contributed by atoms with van der Waals surface area (Å²) >= 11 is 11.8. The summed E-state index contributed by atoms with van der Waals surface area (Å²) in [5, 5.41) is 2.86. The second-order valence-electron chi connectivity index (χ2n) is 7.06. The number of aromatic nitrogens is 1. The smallest absolute Gasteiger partial charge is 0.338 e. The number of esters is 1. The standard InChI is InChI=1S/C22H15Cl2N3O6/c1-11(19(28)26-18-17(24)8-13(23)9-25-18)33-22(31)12-4-5-15-16(7-12)21(30)27(20(15)29)10-14-3-2-6-32-14/h2-9,11H,10H2,1H3,(H,25,26,28). The molecule has 1 N–H and O–H groups in total. The third kappa shape index (κ3) is 4.59. The third-order valence-electron chi connectivity index (χ3n) is 4.80. The zero-order valence-electron chi connectivity index (χ0n) is 17.0. The lowest BCUT2D eigenvalue weighted by Crippen LogP contribution is -2.30. The molecule has 0 spiro atoms. The van der Waals surface area contributed by atoms with Crippen LogP contribution in [0, 0.1) is 0 Å². The monoisotopic (exact) mass is 487 g/mol. The summed E-state index contributed by atoms with van der Waals surface area (Å²) in [5.41, 5.74) is 0.240. The molecule has 1 atom stereocenters. The molecule has 1 aromatic carbocycles. The van der Waals surface area contributed by atoms with Crippen LogP contribution < -0.4 is 5.32 Å². The lowest BCUT2D eigenvalue weighted by molar-refractivity contribution is -0.123. The Morgan fingerprint density at radius 3 is 2.61 bits per heavy atom. The van der Waals surface area contributed by atoms with E-state index in [0.29, 0.717) is 10.8 Å². The highest BCUT2D eigenvalue weighted by Gasteiger charge is 2.36. The Labute approximate surface area is 197 Å². The molecule has 1 aliphatic heterocycles. The van der Waals surface area contributed by atoms with Gasteiger partial charge < -0.3 is 14.5 Å². The minimum absolute atomic E-state index is 0.0112. The van der Waals surface area contributed by atoms with E-state index in [1.54, 1.807) is 12.1 Å². The molecule has 0 aliphatic carbocycles. The lowest BCUT2D eigenvalue weighted by atomic mass is 10.1. The predicted octanol–water partition coefficient (Wildman–Crippen LogP) is 3.96. The molecule has 0 saturated carbocycles. The van der Waals surface area contributed by atoms with Gasteiger partial charge in [-0.25, -0.2) is 9.78 Å². The van der Waals surface area contributed by atoms with Crippen molar-refractivity contribution >= 4 is 52.7 Å². The number of furan rings is 1. The van der Waals surface area contributed by atoms with E-state index < -0.39 is 29.8 Å². The zero-order chi connectivity index (χ0) is 23.7. The molecule has 0 fully saturated rings. The second-order valence-corrected chi connectivity index (χ2v) is 7.90. The highest BCUT2D eigenvalue weighted by Crippen LogP contribution is 2.26. The maximum Gasteiger partial charge on any atom is 0.338 e. The number of carbonyl (C=O) groups is 4. The fourth-order valence-electron chi connectivity index (χ4n) is 3.13. The molecule has 1 unspecified atom stereocenters. The van der Waals surface area contributed by atoms with Crippen LogP contribution in [0.4, 0.5) is 5.82 Å². The molecule has 11 heteroatoms. The van der Waals surface area contributed by atoms with Crippen LogP contribution in [0.25, 0.3) is 0 Å². The number of amides is 3. The Bertz CT molecular complexity index is 1280. The molecule has 3 heterocycles. The molecular formula is C22H15Cl2N3O6. The van der Waals surface area contributed by atoms with Crippen LogP contribution in [-0.2, 0) is 16.1 Å². The van der Waals surface area contributed by atoms with E-state index in [2.05, 4.69) is 10.3 Å². The fourth-order valence-corrected chi connectivity index (χ4v) is 3.55. The Morgan fingerprint density at radius 2 is 1.91 bits per heavy atom. The van der Waals surface area contributed by atoms with Gasteiger partial charge in [-0.1, -0.05) is 23.2 Å². The molecule has 0 radical (unpaired) electrons. The van der Waals surface area contributed by atoms with Crippen molar-refractivity contribution in [3.63, 3.8) is 0 Å². The summed E-state index contributed by atoms with van der Waals surface area (Å²) in [4.78, 5) is 55.1. The highest BCUT2D eigenvalue weighted by atomic mass is 35.5. The Hall–Kier alpha value is -3.69. The predicted molar refractivity (Wildman–Crippen MR) is 117 cm³/mol. The van der Waals surface area contributed by atoms with Gasteiger partial charge in [0.2, 0.25) is 0 Å². The van der Waals surface area contributed by atoms with Crippen molar-refractivity contribution in [2.75, 3.05) is 5.32 Å². The van der Waals surface area contributed by atoms with Crippen LogP contribution >= 0.6 is 23.2 Å². The zero-order valence-corrected chi connectivity index (χ0v) is 18.5. The van der Waals surface area contributed by atoms with Gasteiger partial charge in [-0.05, 0) is 43.3 Å². The summed E-state index contributed by atoms with van der Waals surface area (Å²) in [5.74, 6) is -2.06. The molecule has 33 heavy (non-hydrogen) atoms. The summed E-state index contributed by atoms with van der Waals surface area (Å²) in [6.07, 6.45) is 1.54. The SMILES string of the molecule is CC(OC(=O)c1ccc2c(c1)C(=O)N(Cc1ccco1)C2=O)C(=O)Nc1ncc(Cl)cc1Cl. The summed E-state index contributed by atoms with van der Waals surface area (Å²) in [6.45, 7) is 1.34. The number of ether oxygens (including phenoxy) is 1. The van der Waals surface area contributed by atoms with Crippen molar-refractivity contribution in [1.29, 1.82) is 0 Å². The van der Waals surface area contributed by atoms with E-state index in [9.17, 15) is 19.2 Å². The average molecular weight is 488 g/mol. The van der Waals surface area contributed by atoms with E-state index >= 15 is 0 Å². The maximum absolute atomic E-state index is 12.7. The number of halogens is 2. The van der Waals surface area contributed by atoms with E-state index in [-0.39, 0.29) is 34.1 Å².